The summed E-state index contributed by atoms with van der Waals surface area (Å²) in [6, 6.07) is 12.0. The van der Waals surface area contributed by atoms with Crippen molar-refractivity contribution in [3.63, 3.8) is 0 Å². The van der Waals surface area contributed by atoms with E-state index in [1.54, 1.807) is 19.2 Å². The molecule has 0 saturated heterocycles. The minimum Gasteiger partial charge on any atom is -0.361 e. The van der Waals surface area contributed by atoms with Crippen molar-refractivity contribution in [1.29, 1.82) is 0 Å². The fourth-order valence-corrected chi connectivity index (χ4v) is 2.40. The quantitative estimate of drug-likeness (QED) is 0.683. The Balaban J connectivity index is 1.76. The second-order valence-electron chi connectivity index (χ2n) is 5.14. The largest absolute Gasteiger partial charge is 0.361 e. The third-order valence-electron chi connectivity index (χ3n) is 3.54. The molecule has 3 rings (SSSR count). The van der Waals surface area contributed by atoms with Crippen LogP contribution in [0.4, 0.5) is 11.5 Å². The zero-order chi connectivity index (χ0) is 14.1. The lowest BCUT2D eigenvalue weighted by atomic mass is 10.1. The van der Waals surface area contributed by atoms with Gasteiger partial charge in [-0.1, -0.05) is 30.3 Å². The Kier molecular flexibility index (Phi) is 3.10. The average molecular weight is 269 g/mol. The fourth-order valence-electron chi connectivity index (χ4n) is 2.40. The molecule has 1 aromatic carbocycles. The van der Waals surface area contributed by atoms with E-state index in [0.29, 0.717) is 11.7 Å². The molecule has 20 heavy (non-hydrogen) atoms. The molecule has 1 heterocycles. The van der Waals surface area contributed by atoms with E-state index in [-0.39, 0.29) is 16.7 Å². The van der Waals surface area contributed by atoms with Crippen LogP contribution in [0.5, 0.6) is 0 Å². The van der Waals surface area contributed by atoms with Crippen LogP contribution in [0.2, 0.25) is 0 Å². The van der Waals surface area contributed by atoms with Gasteiger partial charge in [-0.25, -0.2) is 4.98 Å². The maximum Gasteiger partial charge on any atom is 0.311 e. The monoisotopic (exact) mass is 269 g/mol. The molecule has 1 N–H and O–H groups in total. The number of aryl methyl sites for hydroxylation is 1. The van der Waals surface area contributed by atoms with Crippen molar-refractivity contribution in [1.82, 2.24) is 4.98 Å². The summed E-state index contributed by atoms with van der Waals surface area (Å²) >= 11 is 0. The lowest BCUT2D eigenvalue weighted by Crippen LogP contribution is -2.08. The highest BCUT2D eigenvalue weighted by atomic mass is 16.6. The van der Waals surface area contributed by atoms with E-state index in [4.69, 9.17) is 0 Å². The number of anilines is 1. The van der Waals surface area contributed by atoms with E-state index in [0.717, 1.165) is 12.0 Å². The Morgan fingerprint density at radius 1 is 1.35 bits per heavy atom. The number of nitro groups is 1. The van der Waals surface area contributed by atoms with Crippen molar-refractivity contribution >= 4 is 11.5 Å². The van der Waals surface area contributed by atoms with Gasteiger partial charge in [-0.2, -0.15) is 0 Å². The van der Waals surface area contributed by atoms with Crippen LogP contribution >= 0.6 is 0 Å². The zero-order valence-corrected chi connectivity index (χ0v) is 11.1. The highest BCUT2D eigenvalue weighted by molar-refractivity contribution is 5.58. The first-order chi connectivity index (χ1) is 9.65. The smallest absolute Gasteiger partial charge is 0.311 e. The van der Waals surface area contributed by atoms with Crippen molar-refractivity contribution in [3.8, 4) is 0 Å². The first-order valence-electron chi connectivity index (χ1n) is 6.57. The zero-order valence-electron chi connectivity index (χ0n) is 11.1. The van der Waals surface area contributed by atoms with Crippen molar-refractivity contribution in [2.24, 2.45) is 0 Å². The van der Waals surface area contributed by atoms with Gasteiger partial charge in [0.15, 0.2) is 0 Å². The summed E-state index contributed by atoms with van der Waals surface area (Å²) in [7, 11) is 0. The Bertz CT molecular complexity index is 643. The second kappa shape index (κ2) is 4.92. The van der Waals surface area contributed by atoms with Gasteiger partial charge in [0.2, 0.25) is 5.82 Å². The Morgan fingerprint density at radius 3 is 2.80 bits per heavy atom. The van der Waals surface area contributed by atoms with Crippen LogP contribution in [-0.2, 0) is 0 Å². The molecule has 5 heteroatoms. The van der Waals surface area contributed by atoms with Gasteiger partial charge in [-0.05, 0) is 24.5 Å². The van der Waals surface area contributed by atoms with Crippen molar-refractivity contribution in [2.45, 2.75) is 25.3 Å². The normalized spacial score (nSPS) is 20.4. The fraction of sp³-hybridized carbons (Fsp3) is 0.267. The molecule has 1 aromatic heterocycles. The SMILES string of the molecule is Cc1cnc(NC2CC2c2ccccc2)c([N+](=O)[O-])c1. The standard InChI is InChI=1S/C15H15N3O2/c1-10-7-14(18(19)20)15(16-9-10)17-13-8-12(13)11-5-3-2-4-6-11/h2-7,9,12-13H,8H2,1H3,(H,16,17). The van der Waals surface area contributed by atoms with Gasteiger partial charge < -0.3 is 5.32 Å². The molecular formula is C15H15N3O2. The van der Waals surface area contributed by atoms with Gasteiger partial charge in [-0.15, -0.1) is 0 Å². The summed E-state index contributed by atoms with van der Waals surface area (Å²) in [6.07, 6.45) is 2.63. The molecule has 0 amide bonds. The number of hydrogen-bond donors (Lipinski definition) is 1. The molecule has 1 aliphatic carbocycles. The summed E-state index contributed by atoms with van der Waals surface area (Å²) in [6.45, 7) is 1.80. The van der Waals surface area contributed by atoms with E-state index in [9.17, 15) is 10.1 Å². The third kappa shape index (κ3) is 2.47. The van der Waals surface area contributed by atoms with Crippen molar-refractivity contribution in [2.75, 3.05) is 5.32 Å². The Hall–Kier alpha value is -2.43. The predicted molar refractivity (Wildman–Crippen MR) is 76.8 cm³/mol. The number of rotatable bonds is 4. The third-order valence-corrected chi connectivity index (χ3v) is 3.54. The Labute approximate surface area is 116 Å². The highest BCUT2D eigenvalue weighted by Gasteiger charge is 2.39. The number of hydrogen-bond acceptors (Lipinski definition) is 4. The number of aromatic nitrogens is 1. The Morgan fingerprint density at radius 2 is 2.10 bits per heavy atom. The molecule has 0 spiro atoms. The van der Waals surface area contributed by atoms with Gasteiger partial charge in [0, 0.05) is 24.2 Å². The van der Waals surface area contributed by atoms with Gasteiger partial charge in [0.1, 0.15) is 0 Å². The van der Waals surface area contributed by atoms with Gasteiger partial charge >= 0.3 is 5.69 Å². The van der Waals surface area contributed by atoms with E-state index in [1.165, 1.54) is 5.56 Å². The number of benzene rings is 1. The topological polar surface area (TPSA) is 68.1 Å². The molecule has 2 aromatic rings. The average Bonchev–Trinajstić information content (AvgIpc) is 3.21. The molecule has 0 aliphatic heterocycles. The molecule has 1 saturated carbocycles. The molecule has 0 radical (unpaired) electrons. The van der Waals surface area contributed by atoms with Crippen LogP contribution in [0, 0.1) is 17.0 Å². The summed E-state index contributed by atoms with van der Waals surface area (Å²) in [4.78, 5) is 14.8. The first kappa shape index (κ1) is 12.6. The van der Waals surface area contributed by atoms with Crippen LogP contribution in [0.25, 0.3) is 0 Å². The molecule has 1 fully saturated rings. The number of nitrogens with one attached hydrogen (secondary N) is 1. The van der Waals surface area contributed by atoms with Crippen LogP contribution in [0.1, 0.15) is 23.5 Å². The minimum absolute atomic E-state index is 0.0451. The number of nitrogens with zero attached hydrogens (tertiary/aromatic N) is 2. The van der Waals surface area contributed by atoms with Gasteiger partial charge in [-0.3, -0.25) is 10.1 Å². The molecule has 5 nitrogen and oxygen atoms in total. The molecule has 102 valence electrons. The van der Waals surface area contributed by atoms with Crippen molar-refractivity contribution < 1.29 is 4.92 Å². The van der Waals surface area contributed by atoms with Crippen LogP contribution in [0.15, 0.2) is 42.6 Å². The maximum absolute atomic E-state index is 11.1. The first-order valence-corrected chi connectivity index (χ1v) is 6.57. The molecule has 0 bridgehead atoms. The van der Waals surface area contributed by atoms with Gasteiger partial charge in [0.25, 0.3) is 0 Å². The summed E-state index contributed by atoms with van der Waals surface area (Å²) < 4.78 is 0. The van der Waals surface area contributed by atoms with Gasteiger partial charge in [0.05, 0.1) is 4.92 Å². The lowest BCUT2D eigenvalue weighted by molar-refractivity contribution is -0.384. The van der Waals surface area contributed by atoms with Crippen LogP contribution in [-0.4, -0.2) is 15.9 Å². The molecule has 1 aliphatic rings. The van der Waals surface area contributed by atoms with Crippen molar-refractivity contribution in [3.05, 3.63) is 63.8 Å². The van der Waals surface area contributed by atoms with E-state index in [1.807, 2.05) is 18.2 Å². The summed E-state index contributed by atoms with van der Waals surface area (Å²) in [5.74, 6) is 0.780. The highest BCUT2D eigenvalue weighted by Crippen LogP contribution is 2.43. The van der Waals surface area contributed by atoms with E-state index >= 15 is 0 Å². The van der Waals surface area contributed by atoms with Crippen LogP contribution < -0.4 is 5.32 Å². The molecule has 2 unspecified atom stereocenters. The maximum atomic E-state index is 11.1. The van der Waals surface area contributed by atoms with Crippen LogP contribution in [0.3, 0.4) is 0 Å². The summed E-state index contributed by atoms with van der Waals surface area (Å²) in [5.41, 5.74) is 2.10. The van der Waals surface area contributed by atoms with E-state index < -0.39 is 0 Å². The minimum atomic E-state index is -0.387. The predicted octanol–water partition coefficient (Wildman–Crippen LogP) is 3.27. The second-order valence-corrected chi connectivity index (χ2v) is 5.14. The van der Waals surface area contributed by atoms with E-state index in [2.05, 4.69) is 22.4 Å². The number of pyridine rings is 1. The lowest BCUT2D eigenvalue weighted by Gasteiger charge is -2.06. The summed E-state index contributed by atoms with van der Waals surface area (Å²) in [5, 5.41) is 14.2. The molecular weight excluding hydrogens is 254 g/mol. The molecule has 2 atom stereocenters.